The predicted octanol–water partition coefficient (Wildman–Crippen LogP) is 3.69. The van der Waals surface area contributed by atoms with E-state index in [1.807, 2.05) is 30.3 Å². The highest BCUT2D eigenvalue weighted by Gasteiger charge is 2.12. The summed E-state index contributed by atoms with van der Waals surface area (Å²) in [6.07, 6.45) is 4.08. The van der Waals surface area contributed by atoms with Crippen molar-refractivity contribution in [2.24, 2.45) is 0 Å². The van der Waals surface area contributed by atoms with Crippen LogP contribution in [-0.4, -0.2) is 22.9 Å². The molecule has 0 heterocycles. The van der Waals surface area contributed by atoms with Crippen LogP contribution in [0.5, 0.6) is 0 Å². The highest BCUT2D eigenvalue weighted by molar-refractivity contribution is 7.46. The van der Waals surface area contributed by atoms with Crippen LogP contribution < -0.4 is 5.32 Å². The van der Waals surface area contributed by atoms with Crippen molar-refractivity contribution in [2.45, 2.75) is 6.92 Å². The Kier molecular flexibility index (Phi) is 6.13. The normalized spacial score (nSPS) is 11.8. The predicted molar refractivity (Wildman–Crippen MR) is 93.0 cm³/mol. The largest absolute Gasteiger partial charge is 0.469 e. The first-order valence-electron chi connectivity index (χ1n) is 7.21. The summed E-state index contributed by atoms with van der Waals surface area (Å²) in [5.41, 5.74) is 4.32. The molecule has 2 aromatic rings. The molecule has 0 bridgehead atoms. The van der Waals surface area contributed by atoms with Crippen LogP contribution in [0.25, 0.3) is 12.2 Å². The Hall–Kier alpha value is -1.91. The molecule has 5 nitrogen and oxygen atoms in total. The molecule has 122 valence electrons. The van der Waals surface area contributed by atoms with Gasteiger partial charge in [0.2, 0.25) is 0 Å². The van der Waals surface area contributed by atoms with Crippen molar-refractivity contribution in [3.63, 3.8) is 0 Å². The van der Waals surface area contributed by atoms with Crippen LogP contribution in [0.4, 0.5) is 5.69 Å². The first-order valence-corrected chi connectivity index (χ1v) is 8.74. The summed E-state index contributed by atoms with van der Waals surface area (Å²) in [5.74, 6) is 0. The zero-order chi connectivity index (χ0) is 16.7. The van der Waals surface area contributed by atoms with Crippen LogP contribution in [0, 0.1) is 6.92 Å². The van der Waals surface area contributed by atoms with E-state index < -0.39 is 7.82 Å². The first kappa shape index (κ1) is 17.4. The van der Waals surface area contributed by atoms with Crippen LogP contribution in [0.3, 0.4) is 0 Å². The van der Waals surface area contributed by atoms with E-state index in [0.717, 1.165) is 16.8 Å². The first-order chi connectivity index (χ1) is 10.9. The van der Waals surface area contributed by atoms with Gasteiger partial charge in [-0.25, -0.2) is 4.57 Å². The lowest BCUT2D eigenvalue weighted by molar-refractivity contribution is 0.204. The van der Waals surface area contributed by atoms with E-state index >= 15 is 0 Å². The number of hydrogen-bond donors (Lipinski definition) is 3. The Morgan fingerprint density at radius 1 is 1.00 bits per heavy atom. The van der Waals surface area contributed by atoms with Crippen molar-refractivity contribution in [3.05, 3.63) is 65.2 Å². The number of aryl methyl sites for hydroxylation is 1. The van der Waals surface area contributed by atoms with E-state index in [1.165, 1.54) is 5.56 Å². The zero-order valence-corrected chi connectivity index (χ0v) is 13.7. The third-order valence-corrected chi connectivity index (χ3v) is 3.67. The molecule has 0 aliphatic rings. The smallest absolute Gasteiger partial charge is 0.383 e. The topological polar surface area (TPSA) is 78.8 Å². The van der Waals surface area contributed by atoms with E-state index in [9.17, 15) is 4.57 Å². The van der Waals surface area contributed by atoms with Crippen molar-refractivity contribution in [1.29, 1.82) is 0 Å². The Balaban J connectivity index is 1.84. The minimum Gasteiger partial charge on any atom is -0.383 e. The molecule has 3 N–H and O–H groups in total. The quantitative estimate of drug-likeness (QED) is 0.409. The lowest BCUT2D eigenvalue weighted by Gasteiger charge is -2.08. The molecule has 0 aliphatic carbocycles. The van der Waals surface area contributed by atoms with Crippen LogP contribution in [0.1, 0.15) is 16.7 Å². The molecule has 6 heteroatoms. The van der Waals surface area contributed by atoms with Gasteiger partial charge in [0.05, 0.1) is 6.61 Å². The molecule has 0 unspecified atom stereocenters. The molecular weight excluding hydrogens is 313 g/mol. The minimum absolute atomic E-state index is 0.0562. The van der Waals surface area contributed by atoms with Gasteiger partial charge in [-0.1, -0.05) is 54.1 Å². The molecule has 2 aromatic carbocycles. The fraction of sp³-hybridized carbons (Fsp3) is 0.176. The third-order valence-electron chi connectivity index (χ3n) is 3.15. The second-order valence-corrected chi connectivity index (χ2v) is 6.36. The Bertz CT molecular complexity index is 690. The van der Waals surface area contributed by atoms with Gasteiger partial charge in [-0.05, 0) is 30.2 Å². The fourth-order valence-electron chi connectivity index (χ4n) is 1.94. The van der Waals surface area contributed by atoms with Crippen molar-refractivity contribution >= 4 is 25.7 Å². The van der Waals surface area contributed by atoms with Crippen molar-refractivity contribution in [1.82, 2.24) is 0 Å². The lowest BCUT2D eigenvalue weighted by Crippen LogP contribution is -2.08. The number of phosphoric acid groups is 1. The maximum Gasteiger partial charge on any atom is 0.469 e. The number of benzene rings is 2. The summed E-state index contributed by atoms with van der Waals surface area (Å²) in [6, 6.07) is 16.1. The number of anilines is 1. The second-order valence-electron chi connectivity index (χ2n) is 5.12. The van der Waals surface area contributed by atoms with E-state index in [1.54, 1.807) is 0 Å². The summed E-state index contributed by atoms with van der Waals surface area (Å²) in [7, 11) is -4.39. The number of hydrogen-bond acceptors (Lipinski definition) is 3. The molecule has 0 aromatic heterocycles. The monoisotopic (exact) mass is 333 g/mol. The zero-order valence-electron chi connectivity index (χ0n) is 12.8. The van der Waals surface area contributed by atoms with Crippen molar-refractivity contribution < 1.29 is 18.9 Å². The molecule has 0 aliphatic heterocycles. The van der Waals surface area contributed by atoms with Gasteiger partial charge >= 0.3 is 7.82 Å². The SMILES string of the molecule is Cc1ccc(C=Cc2ccc(NCCOP(=O)(O)O)cc2)cc1. The molecule has 0 atom stereocenters. The van der Waals surface area contributed by atoms with Crippen molar-refractivity contribution in [2.75, 3.05) is 18.5 Å². The van der Waals surface area contributed by atoms with Crippen LogP contribution in [0.2, 0.25) is 0 Å². The highest BCUT2D eigenvalue weighted by Crippen LogP contribution is 2.35. The van der Waals surface area contributed by atoms with E-state index in [0.29, 0.717) is 6.54 Å². The van der Waals surface area contributed by atoms with Gasteiger partial charge in [-0.2, -0.15) is 0 Å². The summed E-state index contributed by atoms with van der Waals surface area (Å²) in [5, 5.41) is 3.03. The van der Waals surface area contributed by atoms with Gasteiger partial charge in [0.1, 0.15) is 0 Å². The van der Waals surface area contributed by atoms with Gasteiger partial charge < -0.3 is 15.1 Å². The highest BCUT2D eigenvalue weighted by atomic mass is 31.2. The Labute approximate surface area is 135 Å². The standard InChI is InChI=1S/C17H20NO4P/c1-14-2-4-15(5-3-14)6-7-16-8-10-17(11-9-16)18-12-13-22-23(19,20)21/h2-11,18H,12-13H2,1H3,(H2,19,20,21). The number of nitrogens with one attached hydrogen (secondary N) is 1. The summed E-state index contributed by atoms with van der Waals surface area (Å²) < 4.78 is 14.9. The van der Waals surface area contributed by atoms with E-state index in [4.69, 9.17) is 9.79 Å². The summed E-state index contributed by atoms with van der Waals surface area (Å²) in [4.78, 5) is 17.1. The maximum atomic E-state index is 10.5. The molecule has 23 heavy (non-hydrogen) atoms. The molecule has 0 radical (unpaired) electrons. The Morgan fingerprint density at radius 2 is 1.52 bits per heavy atom. The molecule has 2 rings (SSSR count). The van der Waals surface area contributed by atoms with Crippen LogP contribution in [0.15, 0.2) is 48.5 Å². The van der Waals surface area contributed by atoms with E-state index in [-0.39, 0.29) is 6.61 Å². The lowest BCUT2D eigenvalue weighted by atomic mass is 10.1. The average Bonchev–Trinajstić information content (AvgIpc) is 2.51. The molecular formula is C17H20NO4P. The van der Waals surface area contributed by atoms with Gasteiger partial charge in [-0.3, -0.25) is 4.52 Å². The van der Waals surface area contributed by atoms with Crippen molar-refractivity contribution in [3.8, 4) is 0 Å². The van der Waals surface area contributed by atoms with E-state index in [2.05, 4.69) is 47.1 Å². The molecule has 0 fully saturated rings. The number of rotatable bonds is 7. The number of phosphoric ester groups is 1. The van der Waals surface area contributed by atoms with Gasteiger partial charge in [-0.15, -0.1) is 0 Å². The Morgan fingerprint density at radius 3 is 2.04 bits per heavy atom. The molecule has 0 saturated heterocycles. The van der Waals surface area contributed by atoms with Gasteiger partial charge in [0.15, 0.2) is 0 Å². The molecule has 0 amide bonds. The van der Waals surface area contributed by atoms with Gasteiger partial charge in [0, 0.05) is 12.2 Å². The summed E-state index contributed by atoms with van der Waals surface area (Å²) >= 11 is 0. The maximum absolute atomic E-state index is 10.5. The summed E-state index contributed by atoms with van der Waals surface area (Å²) in [6.45, 7) is 2.33. The van der Waals surface area contributed by atoms with Crippen LogP contribution in [-0.2, 0) is 9.09 Å². The molecule has 0 spiro atoms. The second kappa shape index (κ2) is 8.09. The minimum atomic E-state index is -4.39. The molecule has 0 saturated carbocycles. The third kappa shape index (κ3) is 6.80. The fourth-order valence-corrected chi connectivity index (χ4v) is 2.27. The average molecular weight is 333 g/mol. The van der Waals surface area contributed by atoms with Gasteiger partial charge in [0.25, 0.3) is 0 Å². The van der Waals surface area contributed by atoms with Crippen LogP contribution >= 0.6 is 7.82 Å².